The summed E-state index contributed by atoms with van der Waals surface area (Å²) in [7, 11) is -2.80. The van der Waals surface area contributed by atoms with Crippen molar-refractivity contribution in [2.75, 3.05) is 16.4 Å². The molecule has 0 aromatic heterocycles. The number of hydrogen-bond acceptors (Lipinski definition) is 6. The van der Waals surface area contributed by atoms with Crippen molar-refractivity contribution < 1.29 is 29.0 Å². The van der Waals surface area contributed by atoms with Crippen LogP contribution in [0.5, 0.6) is 11.5 Å². The molecule has 0 aliphatic carbocycles. The first-order chi connectivity index (χ1) is 22.0. The van der Waals surface area contributed by atoms with Crippen LogP contribution in [0.1, 0.15) is 34.8 Å². The predicted molar refractivity (Wildman–Crippen MR) is 179 cm³/mol. The number of hydrogen-bond donors (Lipinski definition) is 2. The number of carbonyl (C=O) groups is 2. The van der Waals surface area contributed by atoms with Gasteiger partial charge in [-0.3, -0.25) is 14.5 Å². The minimum atomic E-state index is -2.80. The number of ether oxygens (including phenoxy) is 2. The second-order valence-corrected chi connectivity index (χ2v) is 17.2. The molecule has 10 heteroatoms. The molecule has 0 radical (unpaired) electrons. The van der Waals surface area contributed by atoms with Gasteiger partial charge in [-0.25, -0.2) is 0 Å². The van der Waals surface area contributed by atoms with Crippen molar-refractivity contribution in [3.63, 3.8) is 0 Å². The molecule has 236 valence electrons. The first kappa shape index (κ1) is 30.6. The quantitative estimate of drug-likeness (QED) is 0.214. The average Bonchev–Trinajstić information content (AvgIpc) is 3.40. The molecule has 4 atom stereocenters. The topological polar surface area (TPSA) is 99.5 Å². The summed E-state index contributed by atoms with van der Waals surface area (Å²) in [6.45, 7) is 5.83. The average molecular weight is 655 g/mol. The molecule has 4 aromatic carbocycles. The lowest BCUT2D eigenvalue weighted by atomic mass is 9.82. The first-order valence-electron chi connectivity index (χ1n) is 15.5. The number of fused-ring (bicyclic) bond motifs is 4. The van der Waals surface area contributed by atoms with Crippen LogP contribution in [0.3, 0.4) is 0 Å². The monoisotopic (exact) mass is 654 g/mol. The van der Waals surface area contributed by atoms with Gasteiger partial charge in [-0.1, -0.05) is 54.9 Å². The Hall–Kier alpha value is -3.99. The highest BCUT2D eigenvalue weighted by Crippen LogP contribution is 2.60. The SMILES string of the molecule is C[C@@H]1[C@@H]([Si](C)(C)O)[C@H](CCO)O[C@@]12C(=O)N(Cc1ccc(N3C(=O)c4ccccc4Oc4ccccc43)cc1)c1ccc(Cl)cc12. The molecule has 8 nitrogen and oxygen atoms in total. The lowest BCUT2D eigenvalue weighted by Gasteiger charge is -2.32. The number of amides is 2. The summed E-state index contributed by atoms with van der Waals surface area (Å²) in [5, 5.41) is 10.3. The van der Waals surface area contributed by atoms with Gasteiger partial charge in [0.1, 0.15) is 5.75 Å². The van der Waals surface area contributed by atoms with E-state index >= 15 is 0 Å². The second-order valence-electron chi connectivity index (χ2n) is 12.8. The zero-order chi connectivity index (χ0) is 32.4. The highest BCUT2D eigenvalue weighted by atomic mass is 35.5. The Morgan fingerprint density at radius 3 is 2.33 bits per heavy atom. The molecule has 2 N–H and O–H groups in total. The van der Waals surface area contributed by atoms with E-state index in [0.717, 1.165) is 5.56 Å². The molecule has 1 fully saturated rings. The van der Waals surface area contributed by atoms with Crippen LogP contribution in [0.15, 0.2) is 91.0 Å². The van der Waals surface area contributed by atoms with Crippen LogP contribution in [0.25, 0.3) is 0 Å². The summed E-state index contributed by atoms with van der Waals surface area (Å²) in [5.74, 6) is 0.317. The van der Waals surface area contributed by atoms with Crippen molar-refractivity contribution >= 4 is 48.8 Å². The molecule has 3 aliphatic rings. The molecule has 0 unspecified atom stereocenters. The van der Waals surface area contributed by atoms with Gasteiger partial charge < -0.3 is 24.3 Å². The molecule has 7 rings (SSSR count). The van der Waals surface area contributed by atoms with Gasteiger partial charge in [-0.05, 0) is 79.7 Å². The van der Waals surface area contributed by atoms with Crippen LogP contribution in [-0.4, -0.2) is 42.7 Å². The van der Waals surface area contributed by atoms with Gasteiger partial charge in [0.15, 0.2) is 19.7 Å². The fourth-order valence-electron chi connectivity index (χ4n) is 7.60. The van der Waals surface area contributed by atoms with Gasteiger partial charge in [0, 0.05) is 34.3 Å². The van der Waals surface area contributed by atoms with Crippen LogP contribution in [0.4, 0.5) is 17.1 Å². The minimum Gasteiger partial charge on any atom is -0.454 e. The van der Waals surface area contributed by atoms with E-state index in [1.807, 2.05) is 86.7 Å². The smallest absolute Gasteiger partial charge is 0.266 e. The zero-order valence-corrected chi connectivity index (χ0v) is 27.6. The summed E-state index contributed by atoms with van der Waals surface area (Å²) in [6.07, 6.45) is -0.142. The van der Waals surface area contributed by atoms with Crippen molar-refractivity contribution in [2.45, 2.75) is 50.2 Å². The van der Waals surface area contributed by atoms with Crippen molar-refractivity contribution in [3.8, 4) is 11.5 Å². The first-order valence-corrected chi connectivity index (χ1v) is 18.9. The molecule has 2 amide bonds. The van der Waals surface area contributed by atoms with E-state index < -0.39 is 20.0 Å². The maximum atomic E-state index is 14.5. The van der Waals surface area contributed by atoms with E-state index in [0.29, 0.717) is 51.1 Å². The number of nitrogens with zero attached hydrogens (tertiary/aromatic N) is 2. The third kappa shape index (κ3) is 4.77. The van der Waals surface area contributed by atoms with Crippen LogP contribution in [0, 0.1) is 5.92 Å². The number of anilines is 3. The molecule has 1 spiro atoms. The van der Waals surface area contributed by atoms with E-state index in [1.54, 1.807) is 34.1 Å². The lowest BCUT2D eigenvalue weighted by molar-refractivity contribution is -0.146. The minimum absolute atomic E-state index is 0.108. The Morgan fingerprint density at radius 1 is 0.913 bits per heavy atom. The van der Waals surface area contributed by atoms with Gasteiger partial charge in [0.25, 0.3) is 11.8 Å². The van der Waals surface area contributed by atoms with Crippen LogP contribution in [-0.2, 0) is 21.7 Å². The van der Waals surface area contributed by atoms with Crippen LogP contribution < -0.4 is 14.5 Å². The molecule has 1 saturated heterocycles. The molecular weight excluding hydrogens is 620 g/mol. The van der Waals surface area contributed by atoms with Crippen molar-refractivity contribution in [1.82, 2.24) is 0 Å². The summed E-state index contributed by atoms with van der Waals surface area (Å²) in [4.78, 5) is 43.1. The van der Waals surface area contributed by atoms with Crippen LogP contribution in [0.2, 0.25) is 23.7 Å². The van der Waals surface area contributed by atoms with E-state index in [9.17, 15) is 19.5 Å². The van der Waals surface area contributed by atoms with E-state index in [-0.39, 0.29) is 36.4 Å². The standard InChI is InChI=1S/C36H35ClN2O6Si/c1-22-33(46(2,3)43)32(18-19-40)45-36(22)27-20-24(37)14-17-28(27)38(35(36)42)21-23-12-15-25(16-13-23)39-29-9-5-7-11-31(29)44-30-10-6-4-8-26(30)34(39)41/h4-17,20,22,32-33,40,43H,18-19,21H2,1-3H3/t22-,32+,33-,36+/m1/s1. The number of para-hydroxylation sites is 3. The van der Waals surface area contributed by atoms with Crippen molar-refractivity contribution in [2.24, 2.45) is 5.92 Å². The Balaban J connectivity index is 1.23. The molecule has 0 saturated carbocycles. The van der Waals surface area contributed by atoms with Gasteiger partial charge in [0.2, 0.25) is 0 Å². The molecule has 4 aromatic rings. The number of aliphatic hydroxyl groups excluding tert-OH is 1. The number of aliphatic hydroxyl groups is 1. The Labute approximate surface area is 273 Å². The summed E-state index contributed by atoms with van der Waals surface area (Å²) >= 11 is 6.49. The van der Waals surface area contributed by atoms with Gasteiger partial charge in [-0.15, -0.1) is 0 Å². The Morgan fingerprint density at radius 2 is 1.61 bits per heavy atom. The number of rotatable bonds is 6. The maximum Gasteiger partial charge on any atom is 0.266 e. The maximum absolute atomic E-state index is 14.5. The van der Waals surface area contributed by atoms with Gasteiger partial charge >= 0.3 is 0 Å². The molecule has 3 heterocycles. The van der Waals surface area contributed by atoms with Crippen molar-refractivity contribution in [1.29, 1.82) is 0 Å². The predicted octanol–water partition coefficient (Wildman–Crippen LogP) is 7.15. The fraction of sp³-hybridized carbons (Fsp3) is 0.278. The summed E-state index contributed by atoms with van der Waals surface area (Å²) < 4.78 is 12.8. The fourth-order valence-corrected chi connectivity index (χ4v) is 10.4. The molecule has 0 bridgehead atoms. The largest absolute Gasteiger partial charge is 0.454 e. The highest BCUT2D eigenvalue weighted by molar-refractivity contribution is 6.71. The molecule has 3 aliphatic heterocycles. The third-order valence-corrected chi connectivity index (χ3v) is 12.3. The van der Waals surface area contributed by atoms with Gasteiger partial charge in [0.05, 0.1) is 29.6 Å². The number of halogens is 1. The Kier molecular flexibility index (Phi) is 7.57. The summed E-state index contributed by atoms with van der Waals surface area (Å²) in [6, 6.07) is 27.6. The highest BCUT2D eigenvalue weighted by Gasteiger charge is 2.66. The second kappa shape index (κ2) is 11.4. The van der Waals surface area contributed by atoms with E-state index in [4.69, 9.17) is 21.1 Å². The lowest BCUT2D eigenvalue weighted by Crippen LogP contribution is -2.46. The normalized spacial score (nSPS) is 23.7. The molecule has 46 heavy (non-hydrogen) atoms. The third-order valence-electron chi connectivity index (χ3n) is 9.54. The van der Waals surface area contributed by atoms with E-state index in [1.165, 1.54) is 0 Å². The number of carbonyl (C=O) groups excluding carboxylic acids is 2. The van der Waals surface area contributed by atoms with Gasteiger partial charge in [-0.2, -0.15) is 0 Å². The number of benzene rings is 4. The summed E-state index contributed by atoms with van der Waals surface area (Å²) in [5.41, 5.74) is 2.41. The Bertz CT molecular complexity index is 1840. The van der Waals surface area contributed by atoms with Crippen LogP contribution >= 0.6 is 11.6 Å². The van der Waals surface area contributed by atoms with Crippen molar-refractivity contribution in [3.05, 3.63) is 113 Å². The molecular formula is C36H35ClN2O6Si. The zero-order valence-electron chi connectivity index (χ0n) is 25.8. The van der Waals surface area contributed by atoms with E-state index in [2.05, 4.69) is 0 Å².